The highest BCUT2D eigenvalue weighted by atomic mass is 35.5. The minimum absolute atomic E-state index is 0.179. The Hall–Kier alpha value is -1.09. The zero-order chi connectivity index (χ0) is 14.0. The lowest BCUT2D eigenvalue weighted by atomic mass is 9.67. The van der Waals surface area contributed by atoms with Crippen LogP contribution >= 0.6 is 11.6 Å². The number of hydrogen-bond donors (Lipinski definition) is 1. The third-order valence-electron chi connectivity index (χ3n) is 4.12. The van der Waals surface area contributed by atoms with Crippen LogP contribution in [0.1, 0.15) is 38.2 Å². The molecule has 0 heterocycles. The minimum atomic E-state index is -0.872. The third kappa shape index (κ3) is 2.92. The minimum Gasteiger partial charge on any atom is -0.481 e. The van der Waals surface area contributed by atoms with Crippen molar-refractivity contribution in [2.75, 3.05) is 0 Å². The Morgan fingerprint density at radius 2 is 2.32 bits per heavy atom. The van der Waals surface area contributed by atoms with E-state index >= 15 is 0 Å². The highest BCUT2D eigenvalue weighted by molar-refractivity contribution is 6.31. The molecule has 19 heavy (non-hydrogen) atoms. The van der Waals surface area contributed by atoms with Crippen LogP contribution in [0, 0.1) is 17.2 Å². The van der Waals surface area contributed by atoms with Gasteiger partial charge in [0, 0.05) is 10.6 Å². The molecule has 0 saturated heterocycles. The second-order valence-corrected chi connectivity index (χ2v) is 6.07. The number of rotatable bonds is 3. The van der Waals surface area contributed by atoms with E-state index in [9.17, 15) is 14.3 Å². The van der Waals surface area contributed by atoms with E-state index in [1.54, 1.807) is 6.07 Å². The van der Waals surface area contributed by atoms with Crippen LogP contribution < -0.4 is 0 Å². The summed E-state index contributed by atoms with van der Waals surface area (Å²) in [6.45, 7) is 2.06. The van der Waals surface area contributed by atoms with Gasteiger partial charge in [-0.25, -0.2) is 4.39 Å². The van der Waals surface area contributed by atoms with Crippen molar-refractivity contribution in [1.82, 2.24) is 0 Å². The maximum atomic E-state index is 13.9. The van der Waals surface area contributed by atoms with Gasteiger partial charge in [0.25, 0.3) is 0 Å². The molecule has 0 radical (unpaired) electrons. The molecule has 2 nitrogen and oxygen atoms in total. The van der Waals surface area contributed by atoms with Gasteiger partial charge >= 0.3 is 5.97 Å². The largest absolute Gasteiger partial charge is 0.481 e. The molecule has 1 saturated carbocycles. The van der Waals surface area contributed by atoms with Gasteiger partial charge in [0.2, 0.25) is 0 Å². The molecule has 104 valence electrons. The Morgan fingerprint density at radius 1 is 1.58 bits per heavy atom. The lowest BCUT2D eigenvalue weighted by Gasteiger charge is -2.36. The lowest BCUT2D eigenvalue weighted by molar-refractivity contribution is -0.152. The molecule has 0 aliphatic heterocycles. The lowest BCUT2D eigenvalue weighted by Crippen LogP contribution is -2.38. The number of halogens is 2. The molecule has 2 unspecified atom stereocenters. The van der Waals surface area contributed by atoms with Crippen LogP contribution in [-0.2, 0) is 11.2 Å². The van der Waals surface area contributed by atoms with E-state index in [1.807, 2.05) is 0 Å². The van der Waals surface area contributed by atoms with E-state index in [2.05, 4.69) is 6.92 Å². The molecule has 0 amide bonds. The first-order valence-corrected chi connectivity index (χ1v) is 6.99. The first kappa shape index (κ1) is 14.3. The molecule has 4 heteroatoms. The van der Waals surface area contributed by atoms with Crippen LogP contribution in [0.15, 0.2) is 18.2 Å². The van der Waals surface area contributed by atoms with Gasteiger partial charge in [0.15, 0.2) is 0 Å². The van der Waals surface area contributed by atoms with Crippen molar-refractivity contribution in [3.63, 3.8) is 0 Å². The summed E-state index contributed by atoms with van der Waals surface area (Å²) in [5.74, 6) is -0.889. The molecule has 2 atom stereocenters. The molecule has 1 fully saturated rings. The van der Waals surface area contributed by atoms with Crippen molar-refractivity contribution in [3.8, 4) is 0 Å². The number of carbonyl (C=O) groups is 1. The first-order valence-electron chi connectivity index (χ1n) is 6.61. The van der Waals surface area contributed by atoms with Crippen molar-refractivity contribution in [3.05, 3.63) is 34.6 Å². The van der Waals surface area contributed by atoms with Gasteiger partial charge in [0.05, 0.1) is 5.41 Å². The van der Waals surface area contributed by atoms with Crippen LogP contribution in [0.2, 0.25) is 5.02 Å². The Labute approximate surface area is 117 Å². The molecular weight excluding hydrogens is 267 g/mol. The average molecular weight is 285 g/mol. The number of hydrogen-bond acceptors (Lipinski definition) is 1. The van der Waals surface area contributed by atoms with Crippen molar-refractivity contribution >= 4 is 17.6 Å². The molecule has 0 bridgehead atoms. The summed E-state index contributed by atoms with van der Waals surface area (Å²) < 4.78 is 13.9. The van der Waals surface area contributed by atoms with E-state index in [4.69, 9.17) is 11.6 Å². The molecule has 1 aromatic carbocycles. The number of aliphatic carboxylic acids is 1. The number of carboxylic acids is 1. The van der Waals surface area contributed by atoms with E-state index < -0.39 is 17.2 Å². The van der Waals surface area contributed by atoms with Gasteiger partial charge in [0.1, 0.15) is 5.82 Å². The summed E-state index contributed by atoms with van der Waals surface area (Å²) in [5, 5.41) is 9.90. The number of benzene rings is 1. The van der Waals surface area contributed by atoms with Gasteiger partial charge in [-0.3, -0.25) is 4.79 Å². The molecule has 0 spiro atoms. The van der Waals surface area contributed by atoms with E-state index in [0.717, 1.165) is 12.8 Å². The molecule has 1 N–H and O–H groups in total. The quantitative estimate of drug-likeness (QED) is 0.898. The monoisotopic (exact) mass is 284 g/mol. The maximum Gasteiger partial charge on any atom is 0.309 e. The fraction of sp³-hybridized carbons (Fsp3) is 0.533. The van der Waals surface area contributed by atoms with Crippen molar-refractivity contribution in [1.29, 1.82) is 0 Å². The summed E-state index contributed by atoms with van der Waals surface area (Å²) >= 11 is 6.02. The van der Waals surface area contributed by atoms with E-state index in [1.165, 1.54) is 12.1 Å². The van der Waals surface area contributed by atoms with Gasteiger partial charge in [-0.1, -0.05) is 37.4 Å². The summed E-state index contributed by atoms with van der Waals surface area (Å²) in [5.41, 5.74) is -0.538. The summed E-state index contributed by atoms with van der Waals surface area (Å²) in [6, 6.07) is 4.49. The molecule has 0 aromatic heterocycles. The maximum absolute atomic E-state index is 13.9. The zero-order valence-electron chi connectivity index (χ0n) is 11.0. The smallest absolute Gasteiger partial charge is 0.309 e. The van der Waals surface area contributed by atoms with Crippen molar-refractivity contribution in [2.24, 2.45) is 11.3 Å². The third-order valence-corrected chi connectivity index (χ3v) is 4.48. The van der Waals surface area contributed by atoms with Crippen LogP contribution in [0.4, 0.5) is 4.39 Å². The van der Waals surface area contributed by atoms with E-state index in [-0.39, 0.29) is 6.42 Å². The first-order chi connectivity index (χ1) is 8.94. The molecule has 1 aliphatic carbocycles. The molecular formula is C15H18ClFO2. The summed E-state index contributed by atoms with van der Waals surface area (Å²) in [6.07, 6.45) is 3.28. The SMILES string of the molecule is CC1CCCC(Cc2c(F)cccc2Cl)(C(=O)O)C1. The Kier molecular flexibility index (Phi) is 4.14. The molecule has 2 rings (SSSR count). The standard InChI is InChI=1S/C15H18ClFO2/c1-10-4-3-7-15(8-10,14(18)19)9-11-12(16)5-2-6-13(11)17/h2,5-6,10H,3-4,7-9H2,1H3,(H,18,19). The van der Waals surface area contributed by atoms with Crippen LogP contribution in [0.3, 0.4) is 0 Å². The van der Waals surface area contributed by atoms with Crippen molar-refractivity contribution in [2.45, 2.75) is 39.0 Å². The van der Waals surface area contributed by atoms with Crippen LogP contribution in [-0.4, -0.2) is 11.1 Å². The topological polar surface area (TPSA) is 37.3 Å². The van der Waals surface area contributed by atoms with Gasteiger partial charge in [-0.2, -0.15) is 0 Å². The second kappa shape index (κ2) is 5.49. The summed E-state index contributed by atoms with van der Waals surface area (Å²) in [4.78, 5) is 11.7. The Morgan fingerprint density at radius 3 is 2.89 bits per heavy atom. The Balaban J connectivity index is 2.34. The van der Waals surface area contributed by atoms with Crippen molar-refractivity contribution < 1.29 is 14.3 Å². The molecule has 1 aromatic rings. The van der Waals surface area contributed by atoms with Gasteiger partial charge < -0.3 is 5.11 Å². The fourth-order valence-electron chi connectivity index (χ4n) is 3.13. The second-order valence-electron chi connectivity index (χ2n) is 5.66. The average Bonchev–Trinajstić information content (AvgIpc) is 2.34. The highest BCUT2D eigenvalue weighted by Gasteiger charge is 2.42. The summed E-state index contributed by atoms with van der Waals surface area (Å²) in [7, 11) is 0. The van der Waals surface area contributed by atoms with Gasteiger partial charge in [-0.15, -0.1) is 0 Å². The van der Waals surface area contributed by atoms with Gasteiger partial charge in [-0.05, 0) is 37.3 Å². The van der Waals surface area contributed by atoms with E-state index in [0.29, 0.717) is 29.3 Å². The number of carboxylic acid groups (broad SMARTS) is 1. The van der Waals surface area contributed by atoms with Crippen LogP contribution in [0.25, 0.3) is 0 Å². The normalized spacial score (nSPS) is 27.2. The fourth-order valence-corrected chi connectivity index (χ4v) is 3.36. The van der Waals surface area contributed by atoms with Crippen LogP contribution in [0.5, 0.6) is 0 Å². The zero-order valence-corrected chi connectivity index (χ0v) is 11.7. The predicted molar refractivity (Wildman–Crippen MR) is 72.8 cm³/mol. The molecule has 1 aliphatic rings. The Bertz CT molecular complexity index is 469. The predicted octanol–water partition coefficient (Wildman–Crippen LogP) is 4.30. The highest BCUT2D eigenvalue weighted by Crippen LogP contribution is 2.43.